The Balaban J connectivity index is 2.38. The zero-order chi connectivity index (χ0) is 14.9. The molecule has 3 N–H and O–H groups in total. The number of aromatic nitrogens is 3. The molecular weight excluding hydrogens is 290 g/mol. The summed E-state index contributed by atoms with van der Waals surface area (Å²) in [6.45, 7) is 8.03. The molecule has 7 heteroatoms. The highest BCUT2D eigenvalue weighted by Crippen LogP contribution is 2.26. The molecule has 0 aliphatic carbocycles. The van der Waals surface area contributed by atoms with Crippen LogP contribution in [0.4, 0.5) is 10.9 Å². The lowest BCUT2D eigenvalue weighted by molar-refractivity contribution is 0.834. The Hall–Kier alpha value is -1.60. The van der Waals surface area contributed by atoms with E-state index in [0.717, 1.165) is 27.6 Å². The fraction of sp³-hybridized carbons (Fsp3) is 0.385. The Morgan fingerprint density at radius 2 is 2.05 bits per heavy atom. The molecule has 20 heavy (non-hydrogen) atoms. The van der Waals surface area contributed by atoms with E-state index < -0.39 is 0 Å². The van der Waals surface area contributed by atoms with Crippen molar-refractivity contribution in [2.75, 3.05) is 5.32 Å². The Bertz CT molecular complexity index is 648. The number of nitrogens with one attached hydrogen (secondary N) is 1. The Labute approximate surface area is 127 Å². The lowest BCUT2D eigenvalue weighted by Gasteiger charge is -2.11. The van der Waals surface area contributed by atoms with E-state index in [1.807, 2.05) is 19.2 Å². The lowest BCUT2D eigenvalue weighted by Crippen LogP contribution is -2.16. The van der Waals surface area contributed by atoms with Crippen LogP contribution in [0.5, 0.6) is 0 Å². The van der Waals surface area contributed by atoms with Crippen molar-refractivity contribution in [1.82, 2.24) is 15.2 Å². The summed E-state index contributed by atoms with van der Waals surface area (Å²) in [6, 6.07) is 0. The molecule has 0 aliphatic heterocycles. The highest BCUT2D eigenvalue weighted by atomic mass is 32.1. The smallest absolute Gasteiger partial charge is 0.188 e. The van der Waals surface area contributed by atoms with Gasteiger partial charge in [-0.2, -0.15) is 5.10 Å². The third-order valence-corrected chi connectivity index (χ3v) is 4.02. The van der Waals surface area contributed by atoms with Gasteiger partial charge in [-0.05, 0) is 25.3 Å². The quantitative estimate of drug-likeness (QED) is 0.845. The number of thiazole rings is 1. The van der Waals surface area contributed by atoms with Crippen LogP contribution < -0.4 is 11.1 Å². The van der Waals surface area contributed by atoms with Crippen LogP contribution in [0.2, 0.25) is 0 Å². The summed E-state index contributed by atoms with van der Waals surface area (Å²) in [5, 5.41) is 14.2. The molecule has 0 radical (unpaired) electrons. The van der Waals surface area contributed by atoms with Crippen molar-refractivity contribution in [2.45, 2.75) is 33.6 Å². The maximum absolute atomic E-state index is 5.80. The van der Waals surface area contributed by atoms with Gasteiger partial charge in [0, 0.05) is 5.38 Å². The summed E-state index contributed by atoms with van der Waals surface area (Å²) < 4.78 is 0. The summed E-state index contributed by atoms with van der Waals surface area (Å²) in [5.41, 5.74) is 9.34. The van der Waals surface area contributed by atoms with Crippen molar-refractivity contribution in [3.8, 4) is 0 Å². The van der Waals surface area contributed by atoms with Crippen LogP contribution in [-0.2, 0) is 0 Å². The number of nitrogens with zero attached hydrogens (tertiary/aromatic N) is 3. The molecule has 106 valence electrons. The number of thiocarbonyl (C=S) groups is 1. The fourth-order valence-corrected chi connectivity index (χ4v) is 2.83. The molecule has 0 aliphatic rings. The van der Waals surface area contributed by atoms with Crippen molar-refractivity contribution >= 4 is 39.5 Å². The number of rotatable bonds is 4. The maximum Gasteiger partial charge on any atom is 0.188 e. The van der Waals surface area contributed by atoms with Crippen LogP contribution in [-0.4, -0.2) is 20.2 Å². The first-order valence-corrected chi connectivity index (χ1v) is 7.55. The Morgan fingerprint density at radius 1 is 1.35 bits per heavy atom. The van der Waals surface area contributed by atoms with Gasteiger partial charge in [-0.15, -0.1) is 16.4 Å². The van der Waals surface area contributed by atoms with Gasteiger partial charge in [0.25, 0.3) is 0 Å². The van der Waals surface area contributed by atoms with E-state index in [2.05, 4.69) is 34.3 Å². The predicted octanol–water partition coefficient (Wildman–Crippen LogP) is 3.05. The normalized spacial score (nSPS) is 10.8. The van der Waals surface area contributed by atoms with Crippen molar-refractivity contribution in [3.63, 3.8) is 0 Å². The van der Waals surface area contributed by atoms with Gasteiger partial charge in [0.2, 0.25) is 0 Å². The zero-order valence-corrected chi connectivity index (χ0v) is 13.5. The van der Waals surface area contributed by atoms with E-state index in [4.69, 9.17) is 18.0 Å². The second-order valence-electron chi connectivity index (χ2n) is 4.86. The Morgan fingerprint density at radius 3 is 2.60 bits per heavy atom. The molecule has 0 saturated carbocycles. The first kappa shape index (κ1) is 14.8. The summed E-state index contributed by atoms with van der Waals surface area (Å²) >= 11 is 6.64. The average molecular weight is 307 g/mol. The lowest BCUT2D eigenvalue weighted by atomic mass is 10.1. The van der Waals surface area contributed by atoms with Crippen molar-refractivity contribution in [3.05, 3.63) is 27.9 Å². The summed E-state index contributed by atoms with van der Waals surface area (Å²) in [5.74, 6) is 0.952. The molecule has 0 atom stereocenters. The van der Waals surface area contributed by atoms with E-state index in [1.165, 1.54) is 11.3 Å². The standard InChI is InChI=1S/C13H17N5S2/c1-6(2)9-5-20-13(15-9)16-12-10(11(14)19)7(3)8(4)17-18-12/h5-6H,1-4H3,(H2,14,19)(H,15,16,18). The molecule has 0 amide bonds. The number of hydrogen-bond donors (Lipinski definition) is 2. The summed E-state index contributed by atoms with van der Waals surface area (Å²) in [7, 11) is 0. The van der Waals surface area contributed by atoms with Gasteiger partial charge in [-0.1, -0.05) is 26.1 Å². The van der Waals surface area contributed by atoms with E-state index in [9.17, 15) is 0 Å². The summed E-state index contributed by atoms with van der Waals surface area (Å²) in [6.07, 6.45) is 0. The highest BCUT2D eigenvalue weighted by molar-refractivity contribution is 7.80. The molecule has 2 heterocycles. The van der Waals surface area contributed by atoms with Crippen LogP contribution in [0.1, 0.15) is 42.3 Å². The molecule has 0 fully saturated rings. The van der Waals surface area contributed by atoms with Crippen LogP contribution in [0.25, 0.3) is 0 Å². The molecule has 0 spiro atoms. The van der Waals surface area contributed by atoms with Gasteiger partial charge < -0.3 is 11.1 Å². The van der Waals surface area contributed by atoms with Crippen LogP contribution in [0.3, 0.4) is 0 Å². The monoisotopic (exact) mass is 307 g/mol. The van der Waals surface area contributed by atoms with Gasteiger partial charge in [-0.25, -0.2) is 4.98 Å². The molecule has 2 rings (SSSR count). The van der Waals surface area contributed by atoms with E-state index in [-0.39, 0.29) is 0 Å². The Kier molecular flexibility index (Phi) is 4.29. The number of aryl methyl sites for hydroxylation is 1. The van der Waals surface area contributed by atoms with Gasteiger partial charge in [0.05, 0.1) is 17.0 Å². The van der Waals surface area contributed by atoms with Gasteiger partial charge >= 0.3 is 0 Å². The van der Waals surface area contributed by atoms with E-state index in [0.29, 0.717) is 16.7 Å². The minimum Gasteiger partial charge on any atom is -0.389 e. The molecule has 0 unspecified atom stereocenters. The average Bonchev–Trinajstić information content (AvgIpc) is 2.82. The van der Waals surface area contributed by atoms with Crippen LogP contribution in [0.15, 0.2) is 5.38 Å². The van der Waals surface area contributed by atoms with Gasteiger partial charge in [0.1, 0.15) is 4.99 Å². The van der Waals surface area contributed by atoms with E-state index >= 15 is 0 Å². The maximum atomic E-state index is 5.80. The minimum atomic E-state index is 0.309. The first-order chi connectivity index (χ1) is 9.40. The zero-order valence-electron chi connectivity index (χ0n) is 11.9. The van der Waals surface area contributed by atoms with Gasteiger partial charge in [-0.3, -0.25) is 0 Å². The number of anilines is 2. The van der Waals surface area contributed by atoms with Crippen molar-refractivity contribution in [2.24, 2.45) is 5.73 Å². The van der Waals surface area contributed by atoms with Crippen LogP contribution in [0, 0.1) is 13.8 Å². The first-order valence-electron chi connectivity index (χ1n) is 6.26. The largest absolute Gasteiger partial charge is 0.389 e. The van der Waals surface area contributed by atoms with Crippen LogP contribution >= 0.6 is 23.6 Å². The van der Waals surface area contributed by atoms with Gasteiger partial charge in [0.15, 0.2) is 10.9 Å². The fourth-order valence-electron chi connectivity index (χ4n) is 1.71. The van der Waals surface area contributed by atoms with E-state index in [1.54, 1.807) is 0 Å². The molecule has 0 saturated heterocycles. The molecule has 5 nitrogen and oxygen atoms in total. The third kappa shape index (κ3) is 2.94. The molecule has 0 bridgehead atoms. The second kappa shape index (κ2) is 5.80. The van der Waals surface area contributed by atoms with Crippen molar-refractivity contribution in [1.29, 1.82) is 0 Å². The number of hydrogen-bond acceptors (Lipinski definition) is 6. The molecule has 2 aromatic rings. The predicted molar refractivity (Wildman–Crippen MR) is 86.9 cm³/mol. The summed E-state index contributed by atoms with van der Waals surface area (Å²) in [4.78, 5) is 4.82. The highest BCUT2D eigenvalue weighted by Gasteiger charge is 2.15. The second-order valence-corrected chi connectivity index (χ2v) is 6.15. The topological polar surface area (TPSA) is 76.7 Å². The molecule has 2 aromatic heterocycles. The van der Waals surface area contributed by atoms with Crippen molar-refractivity contribution < 1.29 is 0 Å². The third-order valence-electron chi connectivity index (χ3n) is 3.04. The molecule has 0 aromatic carbocycles. The number of nitrogens with two attached hydrogens (primary N) is 1. The SMILES string of the molecule is Cc1nnc(Nc2nc(C(C)C)cs2)c(C(N)=S)c1C. The molecular formula is C13H17N5S2. The minimum absolute atomic E-state index is 0.309.